The molecule has 0 aliphatic rings. The highest BCUT2D eigenvalue weighted by Gasteiger charge is 2.31. The summed E-state index contributed by atoms with van der Waals surface area (Å²) in [5.41, 5.74) is 0. The quantitative estimate of drug-likeness (QED) is 0.0743. The van der Waals surface area contributed by atoms with Crippen molar-refractivity contribution in [3.63, 3.8) is 0 Å². The Hall–Kier alpha value is -0.570. The van der Waals surface area contributed by atoms with Gasteiger partial charge in [-0.25, -0.2) is 0 Å². The first-order chi connectivity index (χ1) is 16.6. The molecule has 0 aromatic rings. The van der Waals surface area contributed by atoms with Crippen LogP contribution in [0.2, 0.25) is 0 Å². The van der Waals surface area contributed by atoms with Gasteiger partial charge in [0.15, 0.2) is 6.17 Å². The van der Waals surface area contributed by atoms with Crippen LogP contribution >= 0.6 is 0 Å². The number of nitrogens with zero attached hydrogens (tertiary/aromatic N) is 1. The average Bonchev–Trinajstić information content (AvgIpc) is 2.86. The van der Waals surface area contributed by atoms with Crippen LogP contribution in [0.3, 0.4) is 0 Å². The molecule has 0 aromatic carbocycles. The van der Waals surface area contributed by atoms with E-state index in [9.17, 15) is 4.79 Å². The zero-order valence-corrected chi connectivity index (χ0v) is 24.4. The molecule has 1 amide bonds. The van der Waals surface area contributed by atoms with Crippen molar-refractivity contribution in [1.82, 2.24) is 5.32 Å². The van der Waals surface area contributed by atoms with Gasteiger partial charge in [0.25, 0.3) is 0 Å². The number of unbranched alkanes of at least 4 members (excludes halogenated alkanes) is 18. The fraction of sp³-hybridized carbons (Fsp3) is 0.968. The maximum absolute atomic E-state index is 12.5. The molecular formula is C31H65N2O+. The lowest BCUT2D eigenvalue weighted by Gasteiger charge is -2.42. The second-order valence-electron chi connectivity index (χ2n) is 10.8. The molecule has 0 saturated heterocycles. The summed E-state index contributed by atoms with van der Waals surface area (Å²) < 4.78 is 1.00. The van der Waals surface area contributed by atoms with Crippen LogP contribution in [0.15, 0.2) is 0 Å². The molecule has 0 radical (unpaired) electrons. The van der Waals surface area contributed by atoms with Gasteiger partial charge in [-0.05, 0) is 27.2 Å². The molecule has 204 valence electrons. The van der Waals surface area contributed by atoms with Gasteiger partial charge in [0.1, 0.15) is 0 Å². The average molecular weight is 482 g/mol. The highest BCUT2D eigenvalue weighted by molar-refractivity contribution is 5.75. The topological polar surface area (TPSA) is 29.1 Å². The smallest absolute Gasteiger partial charge is 0.224 e. The van der Waals surface area contributed by atoms with E-state index < -0.39 is 0 Å². The van der Waals surface area contributed by atoms with Crippen LogP contribution < -0.4 is 5.32 Å². The molecule has 0 rings (SSSR count). The van der Waals surface area contributed by atoms with Crippen molar-refractivity contribution >= 4 is 5.91 Å². The summed E-state index contributed by atoms with van der Waals surface area (Å²) in [5, 5.41) is 3.35. The molecule has 0 fully saturated rings. The van der Waals surface area contributed by atoms with E-state index in [0.29, 0.717) is 6.42 Å². The highest BCUT2D eigenvalue weighted by atomic mass is 16.1. The molecule has 0 aromatic heterocycles. The van der Waals surface area contributed by atoms with Gasteiger partial charge in [-0.1, -0.05) is 129 Å². The van der Waals surface area contributed by atoms with Crippen molar-refractivity contribution in [1.29, 1.82) is 0 Å². The van der Waals surface area contributed by atoms with Gasteiger partial charge in [0.05, 0.1) is 19.6 Å². The third kappa shape index (κ3) is 17.0. The molecule has 34 heavy (non-hydrogen) atoms. The van der Waals surface area contributed by atoms with Crippen molar-refractivity contribution in [2.45, 2.75) is 176 Å². The van der Waals surface area contributed by atoms with Crippen molar-refractivity contribution in [3.8, 4) is 0 Å². The molecule has 3 heteroatoms. The summed E-state index contributed by atoms with van der Waals surface area (Å²) in [5.74, 6) is 0.261. The van der Waals surface area contributed by atoms with E-state index in [1.54, 1.807) is 0 Å². The van der Waals surface area contributed by atoms with Gasteiger partial charge >= 0.3 is 0 Å². The van der Waals surface area contributed by atoms with Crippen LogP contribution in [0.1, 0.15) is 169 Å². The number of carbonyl (C=O) groups excluding carboxylic acids is 1. The van der Waals surface area contributed by atoms with Gasteiger partial charge in [-0.15, -0.1) is 0 Å². The monoisotopic (exact) mass is 482 g/mol. The molecular weight excluding hydrogens is 416 g/mol. The maximum Gasteiger partial charge on any atom is 0.224 e. The summed E-state index contributed by atoms with van der Waals surface area (Å²) >= 11 is 0. The third-order valence-corrected chi connectivity index (χ3v) is 8.27. The lowest BCUT2D eigenvalue weighted by Crippen LogP contribution is -2.61. The lowest BCUT2D eigenvalue weighted by molar-refractivity contribution is -0.949. The number of nitrogens with one attached hydrogen (secondary N) is 1. The Morgan fingerprint density at radius 3 is 1.15 bits per heavy atom. The van der Waals surface area contributed by atoms with Crippen molar-refractivity contribution in [2.24, 2.45) is 0 Å². The third-order valence-electron chi connectivity index (χ3n) is 8.27. The predicted molar refractivity (Wildman–Crippen MR) is 152 cm³/mol. The van der Waals surface area contributed by atoms with E-state index in [0.717, 1.165) is 37.0 Å². The van der Waals surface area contributed by atoms with Crippen LogP contribution in [-0.2, 0) is 4.79 Å². The number of hydrogen-bond donors (Lipinski definition) is 1. The molecule has 1 N–H and O–H groups in total. The molecule has 1 atom stereocenters. The number of quaternary nitrogens is 1. The van der Waals surface area contributed by atoms with Crippen LogP contribution in [0, 0.1) is 0 Å². The molecule has 0 aliphatic heterocycles. The van der Waals surface area contributed by atoms with Gasteiger partial charge in [0.2, 0.25) is 5.91 Å². The van der Waals surface area contributed by atoms with E-state index in [1.165, 1.54) is 116 Å². The van der Waals surface area contributed by atoms with Gasteiger partial charge in [-0.2, -0.15) is 0 Å². The first-order valence-corrected chi connectivity index (χ1v) is 15.7. The molecule has 0 heterocycles. The fourth-order valence-corrected chi connectivity index (χ4v) is 5.58. The molecule has 0 spiro atoms. The molecule has 3 nitrogen and oxygen atoms in total. The molecule has 1 unspecified atom stereocenters. The Morgan fingerprint density at radius 2 is 0.853 bits per heavy atom. The molecule has 0 saturated carbocycles. The summed E-state index contributed by atoms with van der Waals surface area (Å²) in [6, 6.07) is 0. The zero-order chi connectivity index (χ0) is 25.3. The van der Waals surface area contributed by atoms with Crippen LogP contribution in [-0.4, -0.2) is 36.2 Å². The molecule has 0 aliphatic carbocycles. The Morgan fingerprint density at radius 1 is 0.529 bits per heavy atom. The van der Waals surface area contributed by atoms with Crippen molar-refractivity contribution < 1.29 is 9.28 Å². The highest BCUT2D eigenvalue weighted by Crippen LogP contribution is 2.16. The Labute approximate surface area is 215 Å². The number of rotatable bonds is 26. The second-order valence-corrected chi connectivity index (χ2v) is 10.8. The Balaban J connectivity index is 3.48. The Bertz CT molecular complexity index is 425. The van der Waals surface area contributed by atoms with Gasteiger partial charge in [0, 0.05) is 12.8 Å². The summed E-state index contributed by atoms with van der Waals surface area (Å²) in [4.78, 5) is 12.5. The van der Waals surface area contributed by atoms with Gasteiger partial charge < -0.3 is 9.80 Å². The van der Waals surface area contributed by atoms with Crippen LogP contribution in [0.5, 0.6) is 0 Å². The van der Waals surface area contributed by atoms with E-state index in [-0.39, 0.29) is 12.1 Å². The number of amides is 1. The minimum absolute atomic E-state index is 0.261. The number of carbonyl (C=O) groups is 1. The van der Waals surface area contributed by atoms with Crippen LogP contribution in [0.25, 0.3) is 0 Å². The summed E-state index contributed by atoms with van der Waals surface area (Å²) in [6.07, 6.45) is 28.4. The normalized spacial score (nSPS) is 12.7. The molecule has 0 bridgehead atoms. The van der Waals surface area contributed by atoms with E-state index in [4.69, 9.17) is 0 Å². The second kappa shape index (κ2) is 24.1. The minimum Gasteiger partial charge on any atom is -0.307 e. The van der Waals surface area contributed by atoms with Crippen molar-refractivity contribution in [3.05, 3.63) is 0 Å². The summed E-state index contributed by atoms with van der Waals surface area (Å²) in [7, 11) is 0. The Kier molecular flexibility index (Phi) is 23.7. The maximum atomic E-state index is 12.5. The SMILES string of the molecule is CCCCCCCCCCCCCCCCCCCCCC(=O)NC(CC)[N+](CC)(CC)CC. The largest absolute Gasteiger partial charge is 0.307 e. The first kappa shape index (κ1) is 33.4. The first-order valence-electron chi connectivity index (χ1n) is 15.7. The summed E-state index contributed by atoms with van der Waals surface area (Å²) in [6.45, 7) is 14.5. The number of hydrogen-bond acceptors (Lipinski definition) is 1. The zero-order valence-electron chi connectivity index (χ0n) is 24.4. The minimum atomic E-state index is 0.261. The van der Waals surface area contributed by atoms with E-state index >= 15 is 0 Å². The fourth-order valence-electron chi connectivity index (χ4n) is 5.58. The lowest BCUT2D eigenvalue weighted by atomic mass is 10.0. The van der Waals surface area contributed by atoms with Gasteiger partial charge in [-0.3, -0.25) is 4.79 Å². The van der Waals surface area contributed by atoms with Crippen molar-refractivity contribution in [2.75, 3.05) is 19.6 Å². The predicted octanol–water partition coefficient (Wildman–Crippen LogP) is 9.54. The van der Waals surface area contributed by atoms with Crippen LogP contribution in [0.4, 0.5) is 0 Å². The van der Waals surface area contributed by atoms with E-state index in [1.807, 2.05) is 0 Å². The standard InChI is InChI=1S/C31H64N2O/c1-6-11-12-13-14-15-16-17-18-19-20-21-22-23-24-25-26-27-28-29-31(34)32-30(7-2)33(8-3,9-4)10-5/h30H,6-29H2,1-5H3/p+1. The van der Waals surface area contributed by atoms with E-state index in [2.05, 4.69) is 39.9 Å².